The lowest BCUT2D eigenvalue weighted by Crippen LogP contribution is -2.59. The first-order chi connectivity index (χ1) is 32.3. The van der Waals surface area contributed by atoms with Gasteiger partial charge in [0.2, 0.25) is 10.0 Å². The Morgan fingerprint density at radius 2 is 1.13 bits per heavy atom. The molecule has 1 aliphatic heterocycles. The van der Waals surface area contributed by atoms with E-state index in [4.69, 9.17) is 4.42 Å². The van der Waals surface area contributed by atoms with Crippen molar-refractivity contribution >= 4 is 78.5 Å². The zero-order chi connectivity index (χ0) is 51.0. The van der Waals surface area contributed by atoms with Crippen molar-refractivity contribution in [3.05, 3.63) is 99.4 Å². The summed E-state index contributed by atoms with van der Waals surface area (Å²) in [4.78, 5) is 1.63. The average molecular weight is 1060 g/mol. The Morgan fingerprint density at radius 3 is 1.69 bits per heavy atom. The third-order valence-electron chi connectivity index (χ3n) is 14.1. The van der Waals surface area contributed by atoms with E-state index in [9.17, 15) is 60.3 Å². The van der Waals surface area contributed by atoms with E-state index in [0.717, 1.165) is 43.5 Å². The molecule has 0 atom stereocenters. The summed E-state index contributed by atoms with van der Waals surface area (Å²) in [5, 5.41) is 2.23. The van der Waals surface area contributed by atoms with Gasteiger partial charge < -0.3 is 9.73 Å². The van der Waals surface area contributed by atoms with Crippen molar-refractivity contribution < 1.29 is 64.7 Å². The molecular formula is C47H49N3O15S5. The van der Waals surface area contributed by atoms with Gasteiger partial charge in [-0.1, -0.05) is 30.3 Å². The summed E-state index contributed by atoms with van der Waals surface area (Å²) in [5.41, 5.74) is -0.696. The van der Waals surface area contributed by atoms with Gasteiger partial charge in [-0.25, -0.2) is 18.1 Å². The van der Waals surface area contributed by atoms with Crippen molar-refractivity contribution in [1.29, 1.82) is 0 Å². The van der Waals surface area contributed by atoms with Crippen molar-refractivity contribution in [2.75, 3.05) is 5.32 Å². The van der Waals surface area contributed by atoms with Crippen molar-refractivity contribution in [3.8, 4) is 22.5 Å². The molecule has 18 nitrogen and oxygen atoms in total. The number of nitrogens with zero attached hydrogens (tertiary/aromatic N) is 1. The molecular weight excluding hydrogens is 1010 g/mol. The van der Waals surface area contributed by atoms with E-state index in [1.54, 1.807) is 13.8 Å². The third kappa shape index (κ3) is 8.87. The second-order valence-electron chi connectivity index (χ2n) is 19.2. The van der Waals surface area contributed by atoms with E-state index < -0.39 is 81.0 Å². The molecule has 6 aliphatic rings. The van der Waals surface area contributed by atoms with Crippen LogP contribution in [-0.4, -0.2) is 65.8 Å². The fraction of sp³-hybridized carbons (Fsp3) is 0.340. The van der Waals surface area contributed by atoms with E-state index >= 15 is 0 Å². The smallest absolute Gasteiger partial charge is 0.296 e. The Hall–Kier alpha value is -5.08. The Morgan fingerprint density at radius 1 is 0.586 bits per heavy atom. The maximum absolute atomic E-state index is 15.0. The number of nitrogens with one attached hydrogen (secondary N) is 2. The summed E-state index contributed by atoms with van der Waals surface area (Å²) < 4.78 is 185. The molecule has 0 radical (unpaired) electrons. The minimum Gasteiger partial charge on any atom is -0.456 e. The molecule has 4 fully saturated rings. The van der Waals surface area contributed by atoms with Gasteiger partial charge in [-0.05, 0) is 149 Å². The number of sulfonamides is 1. The van der Waals surface area contributed by atoms with Gasteiger partial charge >= 0.3 is 0 Å². The van der Waals surface area contributed by atoms with Gasteiger partial charge in [0, 0.05) is 45.4 Å². The van der Waals surface area contributed by atoms with Gasteiger partial charge in [0.25, 0.3) is 40.5 Å². The molecule has 6 N–H and O–H groups in total. The van der Waals surface area contributed by atoms with Crippen LogP contribution in [-0.2, 0) is 50.5 Å². The van der Waals surface area contributed by atoms with Crippen molar-refractivity contribution in [2.45, 2.75) is 110 Å². The predicted molar refractivity (Wildman–Crippen MR) is 259 cm³/mol. The van der Waals surface area contributed by atoms with Gasteiger partial charge in [0.05, 0.1) is 21.6 Å². The fourth-order valence-electron chi connectivity index (χ4n) is 12.0. The highest BCUT2D eigenvalue weighted by Crippen LogP contribution is 2.56. The molecule has 0 spiro atoms. The molecule has 4 bridgehead atoms. The van der Waals surface area contributed by atoms with Gasteiger partial charge in [-0.15, -0.1) is 0 Å². The molecule has 0 unspecified atom stereocenters. The topological polar surface area (TPSA) is 301 Å². The minimum atomic E-state index is -5.28. The molecule has 4 saturated carbocycles. The maximum atomic E-state index is 15.0. The van der Waals surface area contributed by atoms with Crippen molar-refractivity contribution in [3.63, 3.8) is 0 Å². The van der Waals surface area contributed by atoms with Crippen LogP contribution in [0.25, 0.3) is 33.4 Å². The molecule has 5 aliphatic carbocycles. The second-order valence-corrected chi connectivity index (χ2v) is 26.4. The summed E-state index contributed by atoms with van der Waals surface area (Å²) in [5.74, 6) is 0.848. The first-order valence-corrected chi connectivity index (χ1v) is 29.2. The highest BCUT2D eigenvalue weighted by Gasteiger charge is 2.52. The monoisotopic (exact) mass is 1060 g/mol. The number of fused-ring (bicyclic) bond motifs is 2. The third-order valence-corrected chi connectivity index (χ3v) is 19.8. The molecule has 372 valence electrons. The predicted octanol–water partition coefficient (Wildman–Crippen LogP) is 8.27. The van der Waals surface area contributed by atoms with E-state index in [2.05, 4.69) is 15.0 Å². The number of hydrogen-bond donors (Lipinski definition) is 6. The maximum Gasteiger partial charge on any atom is 0.296 e. The summed E-state index contributed by atoms with van der Waals surface area (Å²) in [7, 11) is -24.6. The number of anilines is 2. The lowest BCUT2D eigenvalue weighted by atomic mass is 9.53. The zero-order valence-corrected chi connectivity index (χ0v) is 42.6. The second kappa shape index (κ2) is 16.7. The summed E-state index contributed by atoms with van der Waals surface area (Å²) >= 11 is 0. The average Bonchev–Trinajstić information content (AvgIpc) is 3.19. The molecule has 0 saturated heterocycles. The van der Waals surface area contributed by atoms with Crippen LogP contribution in [0.4, 0.5) is 17.1 Å². The van der Waals surface area contributed by atoms with Crippen LogP contribution in [0.3, 0.4) is 0 Å². The lowest BCUT2D eigenvalue weighted by Gasteiger charge is -2.56. The summed E-state index contributed by atoms with van der Waals surface area (Å²) in [6.07, 6.45) is 5.00. The van der Waals surface area contributed by atoms with E-state index in [1.807, 2.05) is 0 Å². The Bertz CT molecular complexity index is 3870. The van der Waals surface area contributed by atoms with Crippen LogP contribution in [0.2, 0.25) is 0 Å². The highest BCUT2D eigenvalue weighted by atomic mass is 32.2. The van der Waals surface area contributed by atoms with Crippen LogP contribution in [0.1, 0.15) is 71.9 Å². The number of aryl methyl sites for hydroxylation is 4. The molecule has 10 rings (SSSR count). The van der Waals surface area contributed by atoms with Gasteiger partial charge in [0.1, 0.15) is 30.9 Å². The Kier molecular flexibility index (Phi) is 11.9. The number of benzene rings is 5. The van der Waals surface area contributed by atoms with Crippen LogP contribution >= 0.6 is 0 Å². The van der Waals surface area contributed by atoms with Crippen LogP contribution < -0.4 is 15.4 Å². The summed E-state index contributed by atoms with van der Waals surface area (Å²) in [6.45, 7) is 8.77. The quantitative estimate of drug-likeness (QED) is 0.0525. The van der Waals surface area contributed by atoms with Crippen LogP contribution in [0.5, 0.6) is 0 Å². The fourth-order valence-corrected chi connectivity index (χ4v) is 16.9. The normalized spacial score (nSPS) is 21.0. The van der Waals surface area contributed by atoms with E-state index in [-0.39, 0.29) is 77.6 Å². The first kappa shape index (κ1) is 49.9. The highest BCUT2D eigenvalue weighted by molar-refractivity contribution is 7.89. The molecule has 4 aromatic rings. The minimum absolute atomic E-state index is 0.00831. The van der Waals surface area contributed by atoms with Crippen molar-refractivity contribution in [1.82, 2.24) is 4.72 Å². The Balaban J connectivity index is 1.38. The Labute approximate surface area is 405 Å². The van der Waals surface area contributed by atoms with Crippen molar-refractivity contribution in [2.24, 2.45) is 22.7 Å². The molecule has 1 heterocycles. The van der Waals surface area contributed by atoms with Gasteiger partial charge in [-0.2, -0.15) is 33.7 Å². The number of hydrogen-bond acceptors (Lipinski definition) is 13. The molecule has 23 heteroatoms. The number of rotatable bonds is 11. The van der Waals surface area contributed by atoms with Gasteiger partial charge in [-0.3, -0.25) is 18.2 Å². The van der Waals surface area contributed by atoms with E-state index in [0.29, 0.717) is 48.1 Å². The lowest BCUT2D eigenvalue weighted by molar-refractivity contribution is -0.00810. The zero-order valence-electron chi connectivity index (χ0n) is 38.5. The first-order valence-electron chi connectivity index (χ1n) is 22.0. The van der Waals surface area contributed by atoms with Crippen LogP contribution in [0, 0.1) is 59.3 Å². The van der Waals surface area contributed by atoms with Gasteiger partial charge in [0.15, 0.2) is 0 Å². The largest absolute Gasteiger partial charge is 0.456 e. The molecule has 70 heavy (non-hydrogen) atoms. The molecule has 0 amide bonds. The molecule has 0 aromatic heterocycles. The SMILES string of the molecule is Cc1cc(C)c(S(=O)(=O)O)c(C)c1N=c1cc2oc3cc(Nc4c(C)cc(C)c(S(=O)(=O)O)c4C)c(S(=O)(=O)O)cc3c(-c3ccccc3S(=O)(=O)NC34CC5CC(CC(C5)C3)C4)c-2cc1S(=O)(=O)O. The standard InChI is InChI=1S/C47H49N3O15S5/c1-23-11-25(3)45(69(59,60)61)27(5)43(23)48-35-18-37-33(16-40(35)67(53,54)55)42(32-9-7-8-10-39(32)66(51,52)50-47-20-29-13-30(21-47)15-31(14-29)22-47)34-17-41(68(56,57)58)36(19-38(34)65-37)49-44-24(2)12-26(4)46(28(44)6)70(62,63)64/h7-12,16-19,29-31,48,50H,13-15,20-22H2,1-6H3,(H,53,54,55)(H,56,57,58)(H,59,60,61)(H,62,63,64). The summed E-state index contributed by atoms with van der Waals surface area (Å²) in [6, 6.07) is 12.8. The van der Waals surface area contributed by atoms with E-state index in [1.165, 1.54) is 64.1 Å². The van der Waals surface area contributed by atoms with Crippen LogP contribution in [0.15, 0.2) is 94.6 Å². The molecule has 4 aromatic carbocycles.